The van der Waals surface area contributed by atoms with Crippen molar-refractivity contribution >= 4 is 17.4 Å². The lowest BCUT2D eigenvalue weighted by molar-refractivity contribution is 0.510. The normalized spacial score (nSPS) is 25.5. The van der Waals surface area contributed by atoms with Gasteiger partial charge in [-0.1, -0.05) is 49.6 Å². The maximum absolute atomic E-state index is 4.76. The third-order valence-electron chi connectivity index (χ3n) is 3.43. The van der Waals surface area contributed by atoms with E-state index in [1.54, 1.807) is 0 Å². The van der Waals surface area contributed by atoms with Crippen LogP contribution in [0.25, 0.3) is 0 Å². The van der Waals surface area contributed by atoms with Crippen molar-refractivity contribution in [3.8, 4) is 0 Å². The molecule has 2 rings (SSSR count). The van der Waals surface area contributed by atoms with Crippen LogP contribution in [-0.2, 0) is 0 Å². The Balaban J connectivity index is 2.23. The van der Waals surface area contributed by atoms with Gasteiger partial charge in [0.2, 0.25) is 0 Å². The van der Waals surface area contributed by atoms with Crippen LogP contribution in [0, 0.1) is 0 Å². The molecule has 0 aliphatic heterocycles. The van der Waals surface area contributed by atoms with Crippen molar-refractivity contribution in [2.24, 2.45) is 4.99 Å². The van der Waals surface area contributed by atoms with Gasteiger partial charge in [-0.25, -0.2) is 4.99 Å². The summed E-state index contributed by atoms with van der Waals surface area (Å²) < 4.78 is 0. The van der Waals surface area contributed by atoms with Crippen LogP contribution in [0.2, 0.25) is 0 Å². The lowest BCUT2D eigenvalue weighted by Gasteiger charge is -2.20. The molecule has 0 amide bonds. The fourth-order valence-corrected chi connectivity index (χ4v) is 2.73. The Hall–Kier alpha value is -0.980. The van der Waals surface area contributed by atoms with Gasteiger partial charge in [-0.3, -0.25) is 0 Å². The molecule has 0 saturated heterocycles. The quantitative estimate of drug-likeness (QED) is 0.422. The van der Waals surface area contributed by atoms with Crippen LogP contribution in [0.3, 0.4) is 0 Å². The van der Waals surface area contributed by atoms with Crippen molar-refractivity contribution in [2.45, 2.75) is 44.1 Å². The summed E-state index contributed by atoms with van der Waals surface area (Å²) in [6, 6.07) is 11.1. The average molecular weight is 231 g/mol. The number of aliphatic imine (C=N–C) groups is 1. The van der Waals surface area contributed by atoms with E-state index < -0.39 is 0 Å². The molecule has 0 aromatic heterocycles. The summed E-state index contributed by atoms with van der Waals surface area (Å²) in [4.78, 5) is 4.37. The van der Waals surface area contributed by atoms with E-state index in [2.05, 4.69) is 40.5 Å². The second kappa shape index (κ2) is 5.93. The van der Waals surface area contributed by atoms with Gasteiger partial charge in [0.15, 0.2) is 0 Å². The molecule has 1 aliphatic carbocycles. The lowest BCUT2D eigenvalue weighted by atomic mass is 9.88. The minimum absolute atomic E-state index is 0.349. The zero-order valence-electron chi connectivity index (χ0n) is 9.43. The van der Waals surface area contributed by atoms with E-state index in [-0.39, 0.29) is 0 Å². The summed E-state index contributed by atoms with van der Waals surface area (Å²) in [5, 5.41) is 2.57. The van der Waals surface area contributed by atoms with Crippen molar-refractivity contribution in [1.29, 1.82) is 0 Å². The molecule has 1 fully saturated rings. The molecule has 2 atom stereocenters. The number of isothiocyanates is 1. The number of nitrogens with zero attached hydrogens (tertiary/aromatic N) is 1. The van der Waals surface area contributed by atoms with Crippen LogP contribution in [-0.4, -0.2) is 11.2 Å². The summed E-state index contributed by atoms with van der Waals surface area (Å²) in [6.07, 6.45) is 6.29. The molecule has 0 spiro atoms. The molecule has 2 unspecified atom stereocenters. The summed E-state index contributed by atoms with van der Waals surface area (Å²) >= 11 is 4.76. The first-order chi connectivity index (χ1) is 7.92. The van der Waals surface area contributed by atoms with Gasteiger partial charge in [-0.15, -0.1) is 0 Å². The number of hydrogen-bond acceptors (Lipinski definition) is 2. The summed E-state index contributed by atoms with van der Waals surface area (Å²) in [5.74, 6) is 0.541. The van der Waals surface area contributed by atoms with Crippen molar-refractivity contribution in [3.05, 3.63) is 35.9 Å². The molecule has 1 saturated carbocycles. The van der Waals surface area contributed by atoms with E-state index in [9.17, 15) is 0 Å². The molecule has 1 aliphatic rings. The highest BCUT2D eigenvalue weighted by atomic mass is 32.1. The van der Waals surface area contributed by atoms with Gasteiger partial charge in [-0.2, -0.15) is 0 Å². The Kier molecular flexibility index (Phi) is 4.26. The number of benzene rings is 1. The Morgan fingerprint density at radius 2 is 1.81 bits per heavy atom. The summed E-state index contributed by atoms with van der Waals surface area (Å²) in [5.41, 5.74) is 1.41. The minimum atomic E-state index is 0.349. The first kappa shape index (κ1) is 11.5. The van der Waals surface area contributed by atoms with E-state index in [4.69, 9.17) is 12.2 Å². The van der Waals surface area contributed by atoms with Crippen LogP contribution in [0.1, 0.15) is 43.6 Å². The van der Waals surface area contributed by atoms with Crippen LogP contribution in [0.15, 0.2) is 35.3 Å². The maximum Gasteiger partial charge on any atom is 0.0671 e. The molecular formula is C14H17NS. The molecule has 0 heterocycles. The van der Waals surface area contributed by atoms with Crippen molar-refractivity contribution in [1.82, 2.24) is 0 Å². The second-order valence-electron chi connectivity index (χ2n) is 4.44. The van der Waals surface area contributed by atoms with Crippen molar-refractivity contribution in [3.63, 3.8) is 0 Å². The molecule has 16 heavy (non-hydrogen) atoms. The second-order valence-corrected chi connectivity index (χ2v) is 4.63. The zero-order chi connectivity index (χ0) is 11.2. The topological polar surface area (TPSA) is 12.4 Å². The Morgan fingerprint density at radius 3 is 2.56 bits per heavy atom. The largest absolute Gasteiger partial charge is 0.229 e. The van der Waals surface area contributed by atoms with E-state index in [0.29, 0.717) is 12.0 Å². The summed E-state index contributed by atoms with van der Waals surface area (Å²) in [6.45, 7) is 0. The Labute approximate surface area is 103 Å². The standard InChI is InChI=1S/C14H17NS/c16-11-15-14-10-6-2-5-9-13(14)12-7-3-1-4-8-12/h1,3-4,7-8,13-14H,2,5-6,9-10H2. The fraction of sp³-hybridized carbons (Fsp3) is 0.500. The average Bonchev–Trinajstić information content (AvgIpc) is 2.56. The van der Waals surface area contributed by atoms with Crippen molar-refractivity contribution < 1.29 is 0 Å². The van der Waals surface area contributed by atoms with Gasteiger partial charge in [0.1, 0.15) is 0 Å². The van der Waals surface area contributed by atoms with Gasteiger partial charge < -0.3 is 0 Å². The fourth-order valence-electron chi connectivity index (χ4n) is 2.60. The SMILES string of the molecule is S=C=NC1CCCCCC1c1ccccc1. The predicted molar refractivity (Wildman–Crippen MR) is 71.1 cm³/mol. The first-order valence-electron chi connectivity index (χ1n) is 6.04. The maximum atomic E-state index is 4.76. The highest BCUT2D eigenvalue weighted by Crippen LogP contribution is 2.33. The van der Waals surface area contributed by atoms with E-state index in [1.165, 1.54) is 31.2 Å². The predicted octanol–water partition coefficient (Wildman–Crippen LogP) is 4.21. The van der Waals surface area contributed by atoms with Crippen LogP contribution < -0.4 is 0 Å². The lowest BCUT2D eigenvalue weighted by Crippen LogP contribution is -2.15. The Morgan fingerprint density at radius 1 is 1.06 bits per heavy atom. The van der Waals surface area contributed by atoms with Gasteiger partial charge in [0.25, 0.3) is 0 Å². The third kappa shape index (κ3) is 2.78. The smallest absolute Gasteiger partial charge is 0.0671 e. The third-order valence-corrected chi connectivity index (χ3v) is 3.53. The van der Waals surface area contributed by atoms with Gasteiger partial charge >= 0.3 is 0 Å². The van der Waals surface area contributed by atoms with Gasteiger partial charge in [-0.05, 0) is 30.6 Å². The molecule has 84 valence electrons. The molecular weight excluding hydrogens is 214 g/mol. The molecule has 0 N–H and O–H groups in total. The Bertz CT molecular complexity index is 368. The van der Waals surface area contributed by atoms with E-state index >= 15 is 0 Å². The van der Waals surface area contributed by atoms with Crippen LogP contribution in [0.5, 0.6) is 0 Å². The van der Waals surface area contributed by atoms with Gasteiger partial charge in [0.05, 0.1) is 11.2 Å². The number of hydrogen-bond donors (Lipinski definition) is 0. The van der Waals surface area contributed by atoms with E-state index in [1.807, 2.05) is 0 Å². The highest BCUT2D eigenvalue weighted by molar-refractivity contribution is 7.78. The van der Waals surface area contributed by atoms with Crippen LogP contribution in [0.4, 0.5) is 0 Å². The number of rotatable bonds is 2. The molecule has 1 aromatic carbocycles. The zero-order valence-corrected chi connectivity index (χ0v) is 10.2. The van der Waals surface area contributed by atoms with Gasteiger partial charge in [0, 0.05) is 5.92 Å². The summed E-state index contributed by atoms with van der Waals surface area (Å²) in [7, 11) is 0. The number of thiocarbonyl (C=S) groups is 1. The van der Waals surface area contributed by atoms with Crippen molar-refractivity contribution in [2.75, 3.05) is 0 Å². The minimum Gasteiger partial charge on any atom is -0.229 e. The van der Waals surface area contributed by atoms with Crippen LogP contribution >= 0.6 is 12.2 Å². The highest BCUT2D eigenvalue weighted by Gasteiger charge is 2.24. The first-order valence-corrected chi connectivity index (χ1v) is 6.44. The molecule has 2 heteroatoms. The molecule has 1 nitrogen and oxygen atoms in total. The monoisotopic (exact) mass is 231 g/mol. The molecule has 0 radical (unpaired) electrons. The molecule has 1 aromatic rings. The van der Waals surface area contributed by atoms with E-state index in [0.717, 1.165) is 6.42 Å². The molecule has 0 bridgehead atoms.